The molecule has 0 atom stereocenters. The maximum Gasteiger partial charge on any atom is 0.411 e. The van der Waals surface area contributed by atoms with Gasteiger partial charge in [-0.25, -0.2) is 9.79 Å². The minimum absolute atomic E-state index is 0.490. The van der Waals surface area contributed by atoms with Crippen molar-refractivity contribution in [1.82, 2.24) is 10.6 Å². The molecule has 174 valence electrons. The van der Waals surface area contributed by atoms with Crippen LogP contribution in [-0.2, 0) is 17.7 Å². The van der Waals surface area contributed by atoms with Gasteiger partial charge in [0.1, 0.15) is 0 Å². The maximum atomic E-state index is 11.3. The Balaban J connectivity index is 1.92. The summed E-state index contributed by atoms with van der Waals surface area (Å²) in [5.74, 6) is 2.30. The number of hydrogen-bond acceptors (Lipinski definition) is 5. The third-order valence-corrected chi connectivity index (χ3v) is 4.46. The molecule has 0 aliphatic rings. The van der Waals surface area contributed by atoms with Crippen LogP contribution in [0.4, 0.5) is 10.5 Å². The molecule has 0 heterocycles. The number of ether oxygens (including phenoxy) is 3. The summed E-state index contributed by atoms with van der Waals surface area (Å²) in [6, 6.07) is 13.5. The van der Waals surface area contributed by atoms with Gasteiger partial charge in [0.05, 0.1) is 26.9 Å². The molecule has 0 saturated heterocycles. The first-order valence-corrected chi connectivity index (χ1v) is 10.9. The number of hydrogen-bond donors (Lipinski definition) is 3. The fourth-order valence-corrected chi connectivity index (χ4v) is 2.95. The number of amides is 1. The lowest BCUT2D eigenvalue weighted by molar-refractivity contribution is 0.187. The van der Waals surface area contributed by atoms with Crippen LogP contribution in [0.2, 0.25) is 0 Å². The van der Waals surface area contributed by atoms with Crippen LogP contribution in [0.25, 0.3) is 0 Å². The molecule has 0 unspecified atom stereocenters. The fourth-order valence-electron chi connectivity index (χ4n) is 2.95. The zero-order valence-corrected chi connectivity index (χ0v) is 19.4. The number of benzene rings is 2. The third kappa shape index (κ3) is 8.37. The molecule has 8 nitrogen and oxygen atoms in total. The lowest BCUT2D eigenvalue weighted by Crippen LogP contribution is -2.38. The average Bonchev–Trinajstić information content (AvgIpc) is 2.80. The monoisotopic (exact) mass is 442 g/mol. The van der Waals surface area contributed by atoms with Crippen molar-refractivity contribution in [3.05, 3.63) is 53.6 Å². The molecule has 8 heteroatoms. The van der Waals surface area contributed by atoms with Crippen molar-refractivity contribution in [3.63, 3.8) is 0 Å². The summed E-state index contributed by atoms with van der Waals surface area (Å²) in [7, 11) is 1.33. The number of rotatable bonds is 11. The number of nitrogens with one attached hydrogen (secondary N) is 3. The van der Waals surface area contributed by atoms with E-state index in [2.05, 4.69) is 31.7 Å². The summed E-state index contributed by atoms with van der Waals surface area (Å²) in [6.45, 7) is 9.18. The highest BCUT2D eigenvalue weighted by atomic mass is 16.5. The standard InChI is InChI=1S/C24H34N4O4/c1-5-25-23(27-17-19-8-11-20(12-9-19)28-24(29)30-4)26-15-14-18-10-13-21(31-6-2)22(16-18)32-7-3/h8-13,16H,5-7,14-15,17H2,1-4H3,(H,28,29)(H2,25,26,27). The Hall–Kier alpha value is -3.42. The molecule has 0 aliphatic heterocycles. The Labute approximate surface area is 190 Å². The second-order valence-corrected chi connectivity index (χ2v) is 6.83. The Morgan fingerprint density at radius 1 is 0.906 bits per heavy atom. The zero-order chi connectivity index (χ0) is 23.2. The van der Waals surface area contributed by atoms with Crippen LogP contribution in [0.15, 0.2) is 47.5 Å². The van der Waals surface area contributed by atoms with Crippen molar-refractivity contribution in [2.75, 3.05) is 38.7 Å². The third-order valence-electron chi connectivity index (χ3n) is 4.46. The molecule has 0 aliphatic carbocycles. The quantitative estimate of drug-likeness (QED) is 0.360. The Morgan fingerprint density at radius 3 is 2.25 bits per heavy atom. The molecule has 0 aromatic heterocycles. The van der Waals surface area contributed by atoms with Gasteiger partial charge in [-0.1, -0.05) is 18.2 Å². The van der Waals surface area contributed by atoms with Gasteiger partial charge in [-0.3, -0.25) is 5.32 Å². The van der Waals surface area contributed by atoms with Gasteiger partial charge in [-0.15, -0.1) is 0 Å². The summed E-state index contributed by atoms with van der Waals surface area (Å²) < 4.78 is 15.9. The van der Waals surface area contributed by atoms with Gasteiger partial charge in [0.15, 0.2) is 17.5 Å². The first-order chi connectivity index (χ1) is 15.6. The first kappa shape index (κ1) is 24.8. The van der Waals surface area contributed by atoms with Gasteiger partial charge in [0.25, 0.3) is 0 Å². The largest absolute Gasteiger partial charge is 0.490 e. The van der Waals surface area contributed by atoms with Crippen LogP contribution in [-0.4, -0.2) is 45.5 Å². The number of carbonyl (C=O) groups excluding carboxylic acids is 1. The van der Waals surface area contributed by atoms with Gasteiger partial charge in [-0.2, -0.15) is 0 Å². The van der Waals surface area contributed by atoms with E-state index in [0.29, 0.717) is 25.4 Å². The molecular weight excluding hydrogens is 408 g/mol. The van der Waals surface area contributed by atoms with E-state index in [0.717, 1.165) is 48.1 Å². The summed E-state index contributed by atoms with van der Waals surface area (Å²) in [6.07, 6.45) is 0.334. The van der Waals surface area contributed by atoms with Gasteiger partial charge in [-0.05, 0) is 62.6 Å². The van der Waals surface area contributed by atoms with Crippen LogP contribution in [0.1, 0.15) is 31.9 Å². The predicted octanol–water partition coefficient (Wildman–Crippen LogP) is 3.96. The average molecular weight is 443 g/mol. The van der Waals surface area contributed by atoms with Crippen LogP contribution in [0.5, 0.6) is 11.5 Å². The minimum Gasteiger partial charge on any atom is -0.490 e. The number of anilines is 1. The van der Waals surface area contributed by atoms with Crippen molar-refractivity contribution < 1.29 is 19.0 Å². The van der Waals surface area contributed by atoms with Crippen molar-refractivity contribution in [2.24, 2.45) is 4.99 Å². The van der Waals surface area contributed by atoms with E-state index >= 15 is 0 Å². The van der Waals surface area contributed by atoms with E-state index in [-0.39, 0.29) is 0 Å². The van der Waals surface area contributed by atoms with Gasteiger partial charge >= 0.3 is 6.09 Å². The number of nitrogens with zero attached hydrogens (tertiary/aromatic N) is 1. The van der Waals surface area contributed by atoms with Crippen molar-refractivity contribution in [3.8, 4) is 11.5 Å². The highest BCUT2D eigenvalue weighted by molar-refractivity contribution is 5.84. The number of guanidine groups is 1. The molecule has 0 bridgehead atoms. The Kier molecular flexibility index (Phi) is 10.7. The number of methoxy groups -OCH3 is 1. The van der Waals surface area contributed by atoms with Crippen LogP contribution >= 0.6 is 0 Å². The highest BCUT2D eigenvalue weighted by Gasteiger charge is 2.07. The summed E-state index contributed by atoms with van der Waals surface area (Å²) in [4.78, 5) is 15.9. The van der Waals surface area contributed by atoms with Crippen LogP contribution in [0, 0.1) is 0 Å². The smallest absolute Gasteiger partial charge is 0.411 e. The van der Waals surface area contributed by atoms with E-state index in [1.807, 2.05) is 57.2 Å². The molecular formula is C24H34N4O4. The minimum atomic E-state index is -0.490. The summed E-state index contributed by atoms with van der Waals surface area (Å²) in [5, 5.41) is 9.26. The lowest BCUT2D eigenvalue weighted by atomic mass is 10.1. The highest BCUT2D eigenvalue weighted by Crippen LogP contribution is 2.28. The van der Waals surface area contributed by atoms with Crippen molar-refractivity contribution in [1.29, 1.82) is 0 Å². The Morgan fingerprint density at radius 2 is 1.59 bits per heavy atom. The van der Waals surface area contributed by atoms with E-state index in [1.54, 1.807) is 0 Å². The molecule has 0 radical (unpaired) electrons. The fraction of sp³-hybridized carbons (Fsp3) is 0.417. The van der Waals surface area contributed by atoms with E-state index < -0.39 is 6.09 Å². The molecule has 2 rings (SSSR count). The van der Waals surface area contributed by atoms with E-state index in [4.69, 9.17) is 9.47 Å². The predicted molar refractivity (Wildman–Crippen MR) is 128 cm³/mol. The zero-order valence-electron chi connectivity index (χ0n) is 19.4. The molecule has 1 amide bonds. The molecule has 3 N–H and O–H groups in total. The number of carbonyl (C=O) groups is 1. The first-order valence-electron chi connectivity index (χ1n) is 10.9. The van der Waals surface area contributed by atoms with Gasteiger partial charge < -0.3 is 24.8 Å². The SMILES string of the molecule is CCNC(=NCc1ccc(NC(=O)OC)cc1)NCCc1ccc(OCC)c(OCC)c1. The normalized spacial score (nSPS) is 10.9. The lowest BCUT2D eigenvalue weighted by Gasteiger charge is -2.14. The topological polar surface area (TPSA) is 93.2 Å². The molecule has 0 saturated carbocycles. The number of aliphatic imine (C=N–C) groups is 1. The molecule has 0 spiro atoms. The van der Waals surface area contributed by atoms with E-state index in [9.17, 15) is 4.79 Å². The molecule has 2 aromatic rings. The Bertz CT molecular complexity index is 869. The van der Waals surface area contributed by atoms with Crippen LogP contribution < -0.4 is 25.4 Å². The maximum absolute atomic E-state index is 11.3. The van der Waals surface area contributed by atoms with Crippen molar-refractivity contribution >= 4 is 17.7 Å². The van der Waals surface area contributed by atoms with Crippen molar-refractivity contribution in [2.45, 2.75) is 33.7 Å². The summed E-state index contributed by atoms with van der Waals surface area (Å²) in [5.41, 5.74) is 2.87. The summed E-state index contributed by atoms with van der Waals surface area (Å²) >= 11 is 0. The van der Waals surface area contributed by atoms with E-state index in [1.165, 1.54) is 7.11 Å². The second kappa shape index (κ2) is 13.8. The molecule has 0 fully saturated rings. The van der Waals surface area contributed by atoms with Gasteiger partial charge in [0.2, 0.25) is 0 Å². The van der Waals surface area contributed by atoms with Gasteiger partial charge in [0, 0.05) is 18.8 Å². The second-order valence-electron chi connectivity index (χ2n) is 6.83. The molecule has 2 aromatic carbocycles. The van der Waals surface area contributed by atoms with Crippen LogP contribution in [0.3, 0.4) is 0 Å². The molecule has 32 heavy (non-hydrogen) atoms.